The van der Waals surface area contributed by atoms with Crippen molar-refractivity contribution in [3.8, 4) is 11.5 Å². The first-order chi connectivity index (χ1) is 12.2. The lowest BCUT2D eigenvalue weighted by Gasteiger charge is -2.34. The molecule has 0 bridgehead atoms. The number of fused-ring (bicyclic) bond motifs is 1. The van der Waals surface area contributed by atoms with Crippen molar-refractivity contribution in [1.29, 1.82) is 0 Å². The molecule has 0 saturated carbocycles. The summed E-state index contributed by atoms with van der Waals surface area (Å²) in [6.07, 6.45) is 3.26. The summed E-state index contributed by atoms with van der Waals surface area (Å²) >= 11 is 0. The molecule has 1 unspecified atom stereocenters. The first-order valence-electron chi connectivity index (χ1n) is 8.91. The highest BCUT2D eigenvalue weighted by atomic mass is 16.7. The fourth-order valence-electron chi connectivity index (χ4n) is 3.72. The Morgan fingerprint density at radius 3 is 2.68 bits per heavy atom. The number of pyridine rings is 1. The van der Waals surface area contributed by atoms with Gasteiger partial charge < -0.3 is 14.6 Å². The van der Waals surface area contributed by atoms with Crippen molar-refractivity contribution in [2.75, 3.05) is 19.9 Å². The second-order valence-corrected chi connectivity index (χ2v) is 6.94. The summed E-state index contributed by atoms with van der Waals surface area (Å²) in [7, 11) is 0. The number of ether oxygens (including phenoxy) is 2. The summed E-state index contributed by atoms with van der Waals surface area (Å²) in [5.74, 6) is 1.98. The van der Waals surface area contributed by atoms with Crippen molar-refractivity contribution in [3.05, 3.63) is 53.3 Å². The van der Waals surface area contributed by atoms with Crippen LogP contribution in [0.25, 0.3) is 0 Å². The number of benzene rings is 1. The largest absolute Gasteiger partial charge is 0.454 e. The zero-order valence-corrected chi connectivity index (χ0v) is 14.5. The number of nitrogens with zero attached hydrogens (tertiary/aromatic N) is 2. The molecule has 1 aromatic carbocycles. The molecule has 0 radical (unpaired) electrons. The fraction of sp³-hybridized carbons (Fsp3) is 0.450. The van der Waals surface area contributed by atoms with Gasteiger partial charge in [-0.1, -0.05) is 6.07 Å². The Morgan fingerprint density at radius 1 is 1.20 bits per heavy atom. The molecule has 2 aromatic rings. The minimum Gasteiger partial charge on any atom is -0.454 e. The molecule has 5 heteroatoms. The number of aromatic nitrogens is 1. The number of hydrogen-bond donors (Lipinski definition) is 1. The molecule has 2 aliphatic rings. The maximum Gasteiger partial charge on any atom is 0.231 e. The van der Waals surface area contributed by atoms with Gasteiger partial charge >= 0.3 is 0 Å². The smallest absolute Gasteiger partial charge is 0.231 e. The fourth-order valence-corrected chi connectivity index (χ4v) is 3.72. The van der Waals surface area contributed by atoms with Crippen LogP contribution in [0, 0.1) is 12.8 Å². The lowest BCUT2D eigenvalue weighted by atomic mass is 9.89. The summed E-state index contributed by atoms with van der Waals surface area (Å²) in [4.78, 5) is 6.75. The van der Waals surface area contributed by atoms with Gasteiger partial charge in [0.05, 0.1) is 11.8 Å². The first-order valence-corrected chi connectivity index (χ1v) is 8.91. The highest BCUT2D eigenvalue weighted by Crippen LogP contribution is 2.36. The van der Waals surface area contributed by atoms with Crippen molar-refractivity contribution in [3.63, 3.8) is 0 Å². The van der Waals surface area contributed by atoms with Crippen LogP contribution in [0.4, 0.5) is 0 Å². The number of hydrogen-bond acceptors (Lipinski definition) is 5. The molecule has 1 N–H and O–H groups in total. The lowest BCUT2D eigenvalue weighted by molar-refractivity contribution is 0.0539. The highest BCUT2D eigenvalue weighted by Gasteiger charge is 2.27. The molecule has 5 nitrogen and oxygen atoms in total. The van der Waals surface area contributed by atoms with E-state index in [1.54, 1.807) is 6.20 Å². The van der Waals surface area contributed by atoms with Crippen LogP contribution in [0.3, 0.4) is 0 Å². The Hall–Kier alpha value is -2.11. The van der Waals surface area contributed by atoms with Crippen molar-refractivity contribution in [1.82, 2.24) is 9.88 Å². The molecule has 1 saturated heterocycles. The zero-order valence-electron chi connectivity index (χ0n) is 14.5. The summed E-state index contributed by atoms with van der Waals surface area (Å²) in [6, 6.07) is 9.89. The first kappa shape index (κ1) is 16.4. The molecule has 1 atom stereocenters. The SMILES string of the molecule is Cc1cc2c(cc1CN1CCC(C(O)c3ccccn3)CC1)OCO2. The maximum absolute atomic E-state index is 10.6. The topological polar surface area (TPSA) is 54.8 Å². The normalized spacial score (nSPS) is 19.1. The van der Waals surface area contributed by atoms with E-state index in [0.29, 0.717) is 6.79 Å². The van der Waals surface area contributed by atoms with Crippen molar-refractivity contribution in [2.45, 2.75) is 32.4 Å². The number of likely N-dealkylation sites (tertiary alicyclic amines) is 1. The average Bonchev–Trinajstić information content (AvgIpc) is 3.10. The van der Waals surface area contributed by atoms with Gasteiger partial charge in [-0.15, -0.1) is 0 Å². The second kappa shape index (κ2) is 7.02. The summed E-state index contributed by atoms with van der Waals surface area (Å²) < 4.78 is 10.9. The van der Waals surface area contributed by atoms with Crippen molar-refractivity contribution < 1.29 is 14.6 Å². The van der Waals surface area contributed by atoms with Gasteiger partial charge in [-0.25, -0.2) is 0 Å². The van der Waals surface area contributed by atoms with E-state index >= 15 is 0 Å². The molecule has 3 heterocycles. The van der Waals surface area contributed by atoms with Gasteiger partial charge in [0.25, 0.3) is 0 Å². The molecular weight excluding hydrogens is 316 g/mol. The Bertz CT molecular complexity index is 727. The minimum atomic E-state index is -0.462. The zero-order chi connectivity index (χ0) is 17.2. The minimum absolute atomic E-state index is 0.281. The third-order valence-electron chi connectivity index (χ3n) is 5.29. The number of aliphatic hydroxyl groups is 1. The predicted octanol–water partition coefficient (Wildman–Crippen LogP) is 3.06. The standard InChI is InChI=1S/C20H24N2O3/c1-14-10-18-19(25-13-24-18)11-16(14)12-22-8-5-15(6-9-22)20(23)17-4-2-3-7-21-17/h2-4,7,10-11,15,20,23H,5-6,8-9,12-13H2,1H3. The van der Waals surface area contributed by atoms with E-state index in [9.17, 15) is 5.11 Å². The van der Waals surface area contributed by atoms with Crippen LogP contribution in [0.5, 0.6) is 11.5 Å². The van der Waals surface area contributed by atoms with Gasteiger partial charge in [0.1, 0.15) is 0 Å². The van der Waals surface area contributed by atoms with E-state index in [1.807, 2.05) is 18.2 Å². The molecule has 4 rings (SSSR count). The molecular formula is C20H24N2O3. The van der Waals surface area contributed by atoms with Gasteiger partial charge in [-0.05, 0) is 74.2 Å². The van der Waals surface area contributed by atoms with Crippen LogP contribution >= 0.6 is 0 Å². The van der Waals surface area contributed by atoms with Crippen LogP contribution in [-0.4, -0.2) is 34.9 Å². The molecule has 1 aromatic heterocycles. The second-order valence-electron chi connectivity index (χ2n) is 6.94. The van der Waals surface area contributed by atoms with E-state index in [2.05, 4.69) is 28.9 Å². The molecule has 0 aliphatic carbocycles. The molecule has 25 heavy (non-hydrogen) atoms. The van der Waals surface area contributed by atoms with Crippen molar-refractivity contribution >= 4 is 0 Å². The van der Waals surface area contributed by atoms with Crippen LogP contribution in [0.15, 0.2) is 36.5 Å². The van der Waals surface area contributed by atoms with Crippen LogP contribution < -0.4 is 9.47 Å². The number of aliphatic hydroxyl groups excluding tert-OH is 1. The Kier molecular flexibility index (Phi) is 4.59. The van der Waals surface area contributed by atoms with E-state index in [1.165, 1.54) is 11.1 Å². The Morgan fingerprint density at radius 2 is 1.96 bits per heavy atom. The van der Waals surface area contributed by atoms with E-state index in [4.69, 9.17) is 9.47 Å². The molecule has 1 fully saturated rings. The average molecular weight is 340 g/mol. The van der Waals surface area contributed by atoms with E-state index in [-0.39, 0.29) is 5.92 Å². The number of rotatable bonds is 4. The van der Waals surface area contributed by atoms with Crippen LogP contribution in [-0.2, 0) is 6.54 Å². The number of aryl methyl sites for hydroxylation is 1. The molecule has 132 valence electrons. The molecule has 0 spiro atoms. The van der Waals surface area contributed by atoms with Crippen molar-refractivity contribution in [2.24, 2.45) is 5.92 Å². The summed E-state index contributed by atoms with van der Waals surface area (Å²) in [5.41, 5.74) is 3.31. The quantitative estimate of drug-likeness (QED) is 0.927. The van der Waals surface area contributed by atoms with Crippen LogP contribution in [0.1, 0.15) is 35.8 Å². The number of piperidine rings is 1. The van der Waals surface area contributed by atoms with Gasteiger partial charge in [-0.3, -0.25) is 9.88 Å². The molecule has 0 amide bonds. The van der Waals surface area contributed by atoms with Gasteiger partial charge in [-0.2, -0.15) is 0 Å². The van der Waals surface area contributed by atoms with E-state index < -0.39 is 6.10 Å². The van der Waals surface area contributed by atoms with Crippen LogP contribution in [0.2, 0.25) is 0 Å². The maximum atomic E-state index is 10.6. The third kappa shape index (κ3) is 3.48. The summed E-state index contributed by atoms with van der Waals surface area (Å²) in [5, 5.41) is 10.6. The van der Waals surface area contributed by atoms with Gasteiger partial charge in [0, 0.05) is 12.7 Å². The van der Waals surface area contributed by atoms with Gasteiger partial charge in [0.15, 0.2) is 11.5 Å². The highest BCUT2D eigenvalue weighted by molar-refractivity contribution is 5.48. The monoisotopic (exact) mass is 340 g/mol. The Labute approximate surface area is 148 Å². The van der Waals surface area contributed by atoms with E-state index in [0.717, 1.165) is 49.7 Å². The molecule has 2 aliphatic heterocycles. The Balaban J connectivity index is 1.36. The van der Waals surface area contributed by atoms with Gasteiger partial charge in [0.2, 0.25) is 6.79 Å². The predicted molar refractivity (Wildman–Crippen MR) is 94.5 cm³/mol. The lowest BCUT2D eigenvalue weighted by Crippen LogP contribution is -2.35. The third-order valence-corrected chi connectivity index (χ3v) is 5.29. The summed E-state index contributed by atoms with van der Waals surface area (Å²) in [6.45, 7) is 5.32.